The van der Waals surface area contributed by atoms with Crippen LogP contribution in [-0.4, -0.2) is 0 Å². The Morgan fingerprint density at radius 1 is 0.315 bits per heavy atom. The first kappa shape index (κ1) is 32.8. The monoisotopic (exact) mass is 698 g/mol. The number of benzene rings is 7. The van der Waals surface area contributed by atoms with Crippen molar-refractivity contribution in [3.63, 3.8) is 0 Å². The Balaban J connectivity index is 0.979. The van der Waals surface area contributed by atoms with Gasteiger partial charge in [-0.3, -0.25) is 0 Å². The van der Waals surface area contributed by atoms with E-state index in [1.165, 1.54) is 66.5 Å². The predicted octanol–water partition coefficient (Wildman–Crippen LogP) is 14.4. The number of hydrogen-bond acceptors (Lipinski definition) is 2. The van der Waals surface area contributed by atoms with Gasteiger partial charge in [-0.2, -0.15) is 0 Å². The zero-order valence-electron chi connectivity index (χ0n) is 30.8. The third kappa shape index (κ3) is 6.20. The first-order chi connectivity index (χ1) is 26.7. The first-order valence-electron chi connectivity index (χ1n) is 19.8. The molecule has 0 atom stereocenters. The van der Waals surface area contributed by atoms with Crippen molar-refractivity contribution < 1.29 is 0 Å². The second kappa shape index (κ2) is 13.8. The Bertz CT molecular complexity index is 2260. The van der Waals surface area contributed by atoms with Crippen LogP contribution in [-0.2, 0) is 5.41 Å². The highest BCUT2D eigenvalue weighted by Gasteiger charge is 2.51. The Hall–Kier alpha value is -5.86. The van der Waals surface area contributed by atoms with Crippen LogP contribution in [0, 0.1) is 17.8 Å². The third-order valence-electron chi connectivity index (χ3n) is 12.6. The number of para-hydroxylation sites is 2. The zero-order valence-corrected chi connectivity index (χ0v) is 30.8. The summed E-state index contributed by atoms with van der Waals surface area (Å²) in [5.41, 5.74) is 13.7. The Morgan fingerprint density at radius 3 is 1.15 bits per heavy atom. The van der Waals surface area contributed by atoms with Crippen LogP contribution in [0.2, 0.25) is 0 Å². The molecule has 4 fully saturated rings. The maximum atomic E-state index is 2.47. The highest BCUT2D eigenvalue weighted by atomic mass is 15.1. The Kier molecular flexibility index (Phi) is 8.40. The second-order valence-corrected chi connectivity index (χ2v) is 16.1. The van der Waals surface area contributed by atoms with Crippen molar-refractivity contribution in [1.82, 2.24) is 0 Å². The van der Waals surface area contributed by atoms with Crippen LogP contribution in [0.25, 0.3) is 22.3 Å². The van der Waals surface area contributed by atoms with Crippen molar-refractivity contribution in [1.29, 1.82) is 0 Å². The molecule has 0 N–H and O–H groups in total. The van der Waals surface area contributed by atoms with E-state index in [1.807, 2.05) is 0 Å². The molecule has 0 aliphatic heterocycles. The molecular weight excluding hydrogens is 653 g/mol. The van der Waals surface area contributed by atoms with E-state index in [4.69, 9.17) is 0 Å². The summed E-state index contributed by atoms with van der Waals surface area (Å²) >= 11 is 0. The quantitative estimate of drug-likeness (QED) is 0.148. The van der Waals surface area contributed by atoms with Crippen molar-refractivity contribution in [2.24, 2.45) is 17.8 Å². The molecule has 0 unspecified atom stereocenters. The van der Waals surface area contributed by atoms with E-state index in [0.717, 1.165) is 46.2 Å². The van der Waals surface area contributed by atoms with E-state index in [0.29, 0.717) is 5.41 Å². The smallest absolute Gasteiger partial charge is 0.0467 e. The molecule has 2 nitrogen and oxygen atoms in total. The summed E-state index contributed by atoms with van der Waals surface area (Å²) in [6.45, 7) is 0. The molecule has 4 aliphatic carbocycles. The van der Waals surface area contributed by atoms with Gasteiger partial charge >= 0.3 is 0 Å². The first-order valence-corrected chi connectivity index (χ1v) is 19.8. The maximum absolute atomic E-state index is 2.47. The van der Waals surface area contributed by atoms with Crippen LogP contribution < -0.4 is 9.80 Å². The van der Waals surface area contributed by atoms with E-state index in [2.05, 4.69) is 198 Å². The van der Waals surface area contributed by atoms with Gasteiger partial charge in [-0.15, -0.1) is 0 Å². The Labute approximate surface area is 320 Å². The van der Waals surface area contributed by atoms with Crippen LogP contribution in [0.15, 0.2) is 188 Å². The number of hydrogen-bond donors (Lipinski definition) is 0. The normalized spacial score (nSPS) is 21.1. The topological polar surface area (TPSA) is 6.48 Å². The molecule has 0 amide bonds. The molecule has 7 aromatic carbocycles. The van der Waals surface area contributed by atoms with Gasteiger partial charge in [0.05, 0.1) is 0 Å². The van der Waals surface area contributed by atoms with Crippen LogP contribution in [0.3, 0.4) is 0 Å². The van der Waals surface area contributed by atoms with Gasteiger partial charge < -0.3 is 9.80 Å². The molecule has 4 saturated carbocycles. The van der Waals surface area contributed by atoms with Crippen LogP contribution in [0.5, 0.6) is 0 Å². The predicted molar refractivity (Wildman–Crippen MR) is 227 cm³/mol. The summed E-state index contributed by atoms with van der Waals surface area (Å²) in [5, 5.41) is 0. The molecule has 0 radical (unpaired) electrons. The van der Waals surface area contributed by atoms with Gasteiger partial charge in [0.15, 0.2) is 0 Å². The van der Waals surface area contributed by atoms with E-state index in [-0.39, 0.29) is 0 Å². The van der Waals surface area contributed by atoms with Gasteiger partial charge in [-0.1, -0.05) is 115 Å². The van der Waals surface area contributed by atoms with Crippen molar-refractivity contribution in [2.45, 2.75) is 43.9 Å². The summed E-state index contributed by atoms with van der Waals surface area (Å²) < 4.78 is 0. The van der Waals surface area contributed by atoms with Crippen LogP contribution in [0.4, 0.5) is 34.1 Å². The molecule has 0 spiro atoms. The number of anilines is 6. The lowest BCUT2D eigenvalue weighted by Gasteiger charge is -2.57. The fourth-order valence-corrected chi connectivity index (χ4v) is 10.5. The molecule has 264 valence electrons. The van der Waals surface area contributed by atoms with Crippen molar-refractivity contribution in [2.75, 3.05) is 9.80 Å². The summed E-state index contributed by atoms with van der Waals surface area (Å²) in [6, 6.07) is 68.7. The minimum atomic E-state index is 0.391. The SMILES string of the molecule is c1ccc(-c2cccc(N(c3ccc(-c4ccc(N(c5ccccc5)c5ccccc5)cc4)cc3)c3ccc(C45CC6CC(CC(C6)C4)C5)cc3)c2)cc1. The van der Waals surface area contributed by atoms with Gasteiger partial charge in [0.2, 0.25) is 0 Å². The molecular formula is C52H46N2. The summed E-state index contributed by atoms with van der Waals surface area (Å²) in [5.74, 6) is 2.82. The number of rotatable bonds is 9. The lowest BCUT2D eigenvalue weighted by Crippen LogP contribution is -2.48. The van der Waals surface area contributed by atoms with E-state index in [1.54, 1.807) is 5.56 Å². The van der Waals surface area contributed by atoms with Crippen molar-refractivity contribution >= 4 is 34.1 Å². The summed E-state index contributed by atoms with van der Waals surface area (Å²) in [4.78, 5) is 4.74. The molecule has 0 aromatic heterocycles. The summed E-state index contributed by atoms with van der Waals surface area (Å²) in [6.07, 6.45) is 8.59. The average molecular weight is 699 g/mol. The van der Waals surface area contributed by atoms with Gasteiger partial charge in [-0.05, 0) is 162 Å². The molecule has 4 bridgehead atoms. The highest BCUT2D eigenvalue weighted by molar-refractivity contribution is 5.82. The minimum absolute atomic E-state index is 0.391. The van der Waals surface area contributed by atoms with E-state index in [9.17, 15) is 0 Å². The lowest BCUT2D eigenvalue weighted by molar-refractivity contribution is -0.00518. The van der Waals surface area contributed by atoms with E-state index >= 15 is 0 Å². The average Bonchev–Trinajstić information content (AvgIpc) is 3.23. The molecule has 0 saturated heterocycles. The minimum Gasteiger partial charge on any atom is -0.311 e. The molecule has 2 heteroatoms. The molecule has 11 rings (SSSR count). The van der Waals surface area contributed by atoms with Gasteiger partial charge in [0, 0.05) is 34.1 Å². The largest absolute Gasteiger partial charge is 0.311 e. The molecule has 4 aliphatic rings. The van der Waals surface area contributed by atoms with Gasteiger partial charge in [-0.25, -0.2) is 0 Å². The van der Waals surface area contributed by atoms with Crippen LogP contribution in [0.1, 0.15) is 44.1 Å². The second-order valence-electron chi connectivity index (χ2n) is 16.1. The van der Waals surface area contributed by atoms with Crippen LogP contribution >= 0.6 is 0 Å². The van der Waals surface area contributed by atoms with Gasteiger partial charge in [0.1, 0.15) is 0 Å². The number of nitrogens with zero attached hydrogens (tertiary/aromatic N) is 2. The molecule has 7 aromatic rings. The van der Waals surface area contributed by atoms with E-state index < -0.39 is 0 Å². The lowest BCUT2D eigenvalue weighted by atomic mass is 9.48. The third-order valence-corrected chi connectivity index (χ3v) is 12.6. The van der Waals surface area contributed by atoms with Gasteiger partial charge in [0.25, 0.3) is 0 Å². The highest BCUT2D eigenvalue weighted by Crippen LogP contribution is 2.61. The maximum Gasteiger partial charge on any atom is 0.0467 e. The summed E-state index contributed by atoms with van der Waals surface area (Å²) in [7, 11) is 0. The fraction of sp³-hybridized carbons (Fsp3) is 0.192. The Morgan fingerprint density at radius 2 is 0.667 bits per heavy atom. The fourth-order valence-electron chi connectivity index (χ4n) is 10.5. The van der Waals surface area contributed by atoms with Crippen molar-refractivity contribution in [3.8, 4) is 22.3 Å². The molecule has 0 heterocycles. The van der Waals surface area contributed by atoms with Crippen molar-refractivity contribution in [3.05, 3.63) is 194 Å². The zero-order chi connectivity index (χ0) is 35.9. The molecule has 54 heavy (non-hydrogen) atoms. The standard InChI is InChI=1S/C52H46N2/c1-4-11-41(12-5-1)44-13-10-18-51(34-44)54(50-29-23-45(24-30-50)52-35-38-31-39(36-52)33-40(32-38)37-52)49-27-21-43(22-28-49)42-19-25-48(26-20-42)53(46-14-6-2-7-15-46)47-16-8-3-9-17-47/h1-30,34,38-40H,31-33,35-37H2.